The molecule has 10 heavy (non-hydrogen) atoms. The predicted octanol–water partition coefficient (Wildman–Crippen LogP) is 2.79. The van der Waals surface area contributed by atoms with Crippen LogP contribution < -0.4 is 0 Å². The van der Waals surface area contributed by atoms with E-state index in [0.29, 0.717) is 0 Å². The summed E-state index contributed by atoms with van der Waals surface area (Å²) in [4.78, 5) is 0. The van der Waals surface area contributed by atoms with Crippen LogP contribution in [0, 0.1) is 6.92 Å². The van der Waals surface area contributed by atoms with E-state index in [0.717, 1.165) is 11.1 Å². The van der Waals surface area contributed by atoms with Crippen molar-refractivity contribution in [3.63, 3.8) is 0 Å². The molecule has 0 radical (unpaired) electrons. The summed E-state index contributed by atoms with van der Waals surface area (Å²) in [6.07, 6.45) is 9.04. The van der Waals surface area contributed by atoms with Crippen molar-refractivity contribution >= 4 is 6.08 Å². The second kappa shape index (κ2) is 3.06. The number of aryl methyl sites for hydroxylation is 1. The SMILES string of the molecule is C=CC=Cc1cocc1C. The molecular formula is C9H10O. The molecule has 1 aromatic rings. The average molecular weight is 134 g/mol. The van der Waals surface area contributed by atoms with E-state index in [9.17, 15) is 0 Å². The first kappa shape index (κ1) is 6.87. The molecule has 1 aromatic heterocycles. The van der Waals surface area contributed by atoms with E-state index in [1.54, 1.807) is 18.6 Å². The monoisotopic (exact) mass is 134 g/mol. The third-order valence-corrected chi connectivity index (χ3v) is 1.31. The maximum atomic E-state index is 4.96. The van der Waals surface area contributed by atoms with Gasteiger partial charge >= 0.3 is 0 Å². The molecule has 0 spiro atoms. The van der Waals surface area contributed by atoms with Crippen molar-refractivity contribution in [2.24, 2.45) is 0 Å². The minimum atomic E-state index is 1.11. The molecule has 1 nitrogen and oxygen atoms in total. The predicted molar refractivity (Wildman–Crippen MR) is 42.7 cm³/mol. The smallest absolute Gasteiger partial charge is 0.0977 e. The molecule has 1 heteroatoms. The molecular weight excluding hydrogens is 124 g/mol. The second-order valence-corrected chi connectivity index (χ2v) is 2.10. The Morgan fingerprint density at radius 2 is 2.30 bits per heavy atom. The van der Waals surface area contributed by atoms with E-state index in [2.05, 4.69) is 6.58 Å². The summed E-state index contributed by atoms with van der Waals surface area (Å²) in [5, 5.41) is 0. The van der Waals surface area contributed by atoms with Gasteiger partial charge in [-0.15, -0.1) is 0 Å². The standard InChI is InChI=1S/C9H10O/c1-3-4-5-9-7-10-6-8(9)2/h3-7H,1H2,2H3. The van der Waals surface area contributed by atoms with Crippen LogP contribution in [-0.4, -0.2) is 0 Å². The van der Waals surface area contributed by atoms with E-state index in [-0.39, 0.29) is 0 Å². The van der Waals surface area contributed by atoms with Crippen molar-refractivity contribution < 1.29 is 4.42 Å². The summed E-state index contributed by atoms with van der Waals surface area (Å²) in [6, 6.07) is 0. The topological polar surface area (TPSA) is 13.1 Å². The van der Waals surface area contributed by atoms with Crippen molar-refractivity contribution in [1.29, 1.82) is 0 Å². The van der Waals surface area contributed by atoms with Gasteiger partial charge < -0.3 is 4.42 Å². The number of rotatable bonds is 2. The van der Waals surface area contributed by atoms with Crippen molar-refractivity contribution in [3.05, 3.63) is 42.4 Å². The lowest BCUT2D eigenvalue weighted by Crippen LogP contribution is -1.66. The largest absolute Gasteiger partial charge is 0.472 e. The first-order chi connectivity index (χ1) is 4.84. The maximum Gasteiger partial charge on any atom is 0.0977 e. The molecule has 0 saturated carbocycles. The van der Waals surface area contributed by atoms with Crippen LogP contribution in [0.25, 0.3) is 6.08 Å². The van der Waals surface area contributed by atoms with Crippen molar-refractivity contribution in [2.75, 3.05) is 0 Å². The molecule has 0 unspecified atom stereocenters. The van der Waals surface area contributed by atoms with Crippen LogP contribution in [0.3, 0.4) is 0 Å². The van der Waals surface area contributed by atoms with Crippen molar-refractivity contribution in [2.45, 2.75) is 6.92 Å². The first-order valence-electron chi connectivity index (χ1n) is 3.16. The van der Waals surface area contributed by atoms with E-state index in [4.69, 9.17) is 4.42 Å². The number of hydrogen-bond acceptors (Lipinski definition) is 1. The van der Waals surface area contributed by atoms with Gasteiger partial charge in [-0.05, 0) is 12.5 Å². The van der Waals surface area contributed by atoms with Gasteiger partial charge in [0.1, 0.15) is 0 Å². The van der Waals surface area contributed by atoms with E-state index >= 15 is 0 Å². The highest BCUT2D eigenvalue weighted by Gasteiger charge is 1.92. The van der Waals surface area contributed by atoms with Gasteiger partial charge in [0.05, 0.1) is 12.5 Å². The molecule has 52 valence electrons. The molecule has 0 bridgehead atoms. The Morgan fingerprint density at radius 3 is 2.80 bits per heavy atom. The number of furan rings is 1. The lowest BCUT2D eigenvalue weighted by atomic mass is 10.2. The molecule has 0 atom stereocenters. The van der Waals surface area contributed by atoms with Crippen LogP contribution in [0.4, 0.5) is 0 Å². The lowest BCUT2D eigenvalue weighted by molar-refractivity contribution is 0.565. The summed E-state index contributed by atoms with van der Waals surface area (Å²) in [5.41, 5.74) is 2.26. The quantitative estimate of drug-likeness (QED) is 0.567. The second-order valence-electron chi connectivity index (χ2n) is 2.10. The Bertz CT molecular complexity index is 243. The van der Waals surface area contributed by atoms with Crippen LogP contribution in [0.15, 0.2) is 35.7 Å². The fraction of sp³-hybridized carbons (Fsp3) is 0.111. The molecule has 1 heterocycles. The third kappa shape index (κ3) is 1.38. The van der Waals surface area contributed by atoms with Gasteiger partial charge in [0.25, 0.3) is 0 Å². The Hall–Kier alpha value is -1.24. The van der Waals surface area contributed by atoms with Gasteiger partial charge in [-0.2, -0.15) is 0 Å². The van der Waals surface area contributed by atoms with Gasteiger partial charge in [0.15, 0.2) is 0 Å². The molecule has 1 rings (SSSR count). The molecule has 0 fully saturated rings. The minimum Gasteiger partial charge on any atom is -0.472 e. The Balaban J connectivity index is 2.83. The number of allylic oxidation sites excluding steroid dienone is 2. The zero-order valence-corrected chi connectivity index (χ0v) is 6.00. The highest BCUT2D eigenvalue weighted by Crippen LogP contribution is 2.09. The Kier molecular flexibility index (Phi) is 2.11. The molecule has 0 amide bonds. The molecule has 0 aliphatic rings. The normalized spacial score (nSPS) is 10.5. The molecule has 0 N–H and O–H groups in total. The molecule has 0 saturated heterocycles. The summed E-state index contributed by atoms with van der Waals surface area (Å²) < 4.78 is 4.96. The maximum absolute atomic E-state index is 4.96. The van der Waals surface area contributed by atoms with Gasteiger partial charge in [-0.3, -0.25) is 0 Å². The Labute approximate surface area is 60.7 Å². The summed E-state index contributed by atoms with van der Waals surface area (Å²) in [5.74, 6) is 0. The zero-order valence-electron chi connectivity index (χ0n) is 6.00. The average Bonchev–Trinajstić information content (AvgIpc) is 2.31. The van der Waals surface area contributed by atoms with Crippen LogP contribution in [0.2, 0.25) is 0 Å². The van der Waals surface area contributed by atoms with Crippen molar-refractivity contribution in [1.82, 2.24) is 0 Å². The van der Waals surface area contributed by atoms with E-state index < -0.39 is 0 Å². The van der Waals surface area contributed by atoms with Crippen LogP contribution >= 0.6 is 0 Å². The summed E-state index contributed by atoms with van der Waals surface area (Å²) >= 11 is 0. The summed E-state index contributed by atoms with van der Waals surface area (Å²) in [6.45, 7) is 5.58. The van der Waals surface area contributed by atoms with Crippen LogP contribution in [-0.2, 0) is 0 Å². The Morgan fingerprint density at radius 1 is 1.50 bits per heavy atom. The lowest BCUT2D eigenvalue weighted by Gasteiger charge is -1.82. The van der Waals surface area contributed by atoms with E-state index in [1.807, 2.05) is 19.1 Å². The summed E-state index contributed by atoms with van der Waals surface area (Å²) in [7, 11) is 0. The van der Waals surface area contributed by atoms with Gasteiger partial charge in [0.2, 0.25) is 0 Å². The highest BCUT2D eigenvalue weighted by atomic mass is 16.3. The molecule has 0 aliphatic heterocycles. The van der Waals surface area contributed by atoms with E-state index in [1.165, 1.54) is 0 Å². The first-order valence-corrected chi connectivity index (χ1v) is 3.16. The molecule has 0 aliphatic carbocycles. The fourth-order valence-corrected chi connectivity index (χ4v) is 0.713. The number of hydrogen-bond donors (Lipinski definition) is 0. The molecule has 0 aromatic carbocycles. The highest BCUT2D eigenvalue weighted by molar-refractivity contribution is 5.52. The van der Waals surface area contributed by atoms with Crippen LogP contribution in [0.1, 0.15) is 11.1 Å². The van der Waals surface area contributed by atoms with Gasteiger partial charge in [-0.25, -0.2) is 0 Å². The van der Waals surface area contributed by atoms with Crippen LogP contribution in [0.5, 0.6) is 0 Å². The van der Waals surface area contributed by atoms with Gasteiger partial charge in [0, 0.05) is 5.56 Å². The fourth-order valence-electron chi connectivity index (χ4n) is 0.713. The zero-order chi connectivity index (χ0) is 7.40. The van der Waals surface area contributed by atoms with Crippen molar-refractivity contribution in [3.8, 4) is 0 Å². The van der Waals surface area contributed by atoms with Gasteiger partial charge in [-0.1, -0.05) is 24.8 Å². The third-order valence-electron chi connectivity index (χ3n) is 1.31. The minimum absolute atomic E-state index is 1.11.